The fourth-order valence-corrected chi connectivity index (χ4v) is 3.19. The third-order valence-corrected chi connectivity index (χ3v) is 4.76. The fourth-order valence-electron chi connectivity index (χ4n) is 3.19. The molecule has 152 valence electrons. The summed E-state index contributed by atoms with van der Waals surface area (Å²) in [4.78, 5) is 11.3. The van der Waals surface area contributed by atoms with Gasteiger partial charge in [-0.3, -0.25) is 4.90 Å². The number of aliphatic imine (C=N–C) groups is 1. The van der Waals surface area contributed by atoms with Crippen molar-refractivity contribution in [3.05, 3.63) is 54.1 Å². The van der Waals surface area contributed by atoms with Crippen LogP contribution in [0.5, 0.6) is 0 Å². The van der Waals surface area contributed by atoms with Crippen LogP contribution in [0.15, 0.2) is 48.0 Å². The second kappa shape index (κ2) is 11.5. The Kier molecular flexibility index (Phi) is 8.33. The molecule has 0 aliphatic carbocycles. The maximum atomic E-state index is 5.39. The van der Waals surface area contributed by atoms with Gasteiger partial charge in [-0.2, -0.15) is 0 Å². The molecule has 28 heavy (non-hydrogen) atoms. The average Bonchev–Trinajstić information content (AvgIpc) is 3.24. The van der Waals surface area contributed by atoms with Crippen LogP contribution in [0.4, 0.5) is 0 Å². The van der Waals surface area contributed by atoms with E-state index in [1.165, 1.54) is 11.1 Å². The predicted molar refractivity (Wildman–Crippen MR) is 112 cm³/mol. The van der Waals surface area contributed by atoms with Gasteiger partial charge in [0.25, 0.3) is 0 Å². The molecule has 0 saturated carbocycles. The van der Waals surface area contributed by atoms with Gasteiger partial charge in [0, 0.05) is 45.1 Å². The van der Waals surface area contributed by atoms with Crippen LogP contribution >= 0.6 is 0 Å². The highest BCUT2D eigenvalue weighted by molar-refractivity contribution is 5.79. The molecule has 3 rings (SSSR count). The summed E-state index contributed by atoms with van der Waals surface area (Å²) in [6.45, 7) is 10.3. The number of nitrogens with zero attached hydrogens (tertiary/aromatic N) is 4. The topological polar surface area (TPSA) is 66.7 Å². The molecular formula is C21H32N6O. The van der Waals surface area contributed by atoms with Crippen LogP contribution in [0.2, 0.25) is 0 Å². The molecule has 7 nitrogen and oxygen atoms in total. The van der Waals surface area contributed by atoms with Crippen molar-refractivity contribution in [1.29, 1.82) is 0 Å². The van der Waals surface area contributed by atoms with Crippen molar-refractivity contribution < 1.29 is 4.74 Å². The molecule has 1 aliphatic heterocycles. The van der Waals surface area contributed by atoms with Crippen molar-refractivity contribution in [2.24, 2.45) is 4.99 Å². The molecule has 1 fully saturated rings. The first-order valence-corrected chi connectivity index (χ1v) is 10.2. The van der Waals surface area contributed by atoms with Crippen molar-refractivity contribution in [2.75, 3.05) is 45.9 Å². The van der Waals surface area contributed by atoms with Gasteiger partial charge in [-0.15, -0.1) is 0 Å². The number of morpholine rings is 1. The van der Waals surface area contributed by atoms with Crippen LogP contribution in [0.1, 0.15) is 24.5 Å². The van der Waals surface area contributed by atoms with Crippen LogP contribution in [0.25, 0.3) is 0 Å². The molecule has 1 aliphatic rings. The van der Waals surface area contributed by atoms with E-state index in [4.69, 9.17) is 9.73 Å². The van der Waals surface area contributed by atoms with Gasteiger partial charge >= 0.3 is 0 Å². The number of aromatic nitrogens is 2. The van der Waals surface area contributed by atoms with Crippen LogP contribution in [-0.2, 0) is 17.8 Å². The smallest absolute Gasteiger partial charge is 0.191 e. The number of ether oxygens (including phenoxy) is 1. The van der Waals surface area contributed by atoms with Crippen LogP contribution < -0.4 is 10.6 Å². The van der Waals surface area contributed by atoms with Gasteiger partial charge in [-0.25, -0.2) is 9.98 Å². The Balaban J connectivity index is 1.42. The molecule has 0 atom stereocenters. The first-order chi connectivity index (χ1) is 13.8. The van der Waals surface area contributed by atoms with E-state index in [1.807, 2.05) is 12.5 Å². The monoisotopic (exact) mass is 384 g/mol. The zero-order chi connectivity index (χ0) is 19.4. The minimum Gasteiger partial charge on any atom is -0.379 e. The van der Waals surface area contributed by atoms with E-state index in [9.17, 15) is 0 Å². The number of rotatable bonds is 9. The van der Waals surface area contributed by atoms with Gasteiger partial charge in [0.1, 0.15) is 0 Å². The van der Waals surface area contributed by atoms with Crippen molar-refractivity contribution in [1.82, 2.24) is 25.1 Å². The molecule has 1 saturated heterocycles. The van der Waals surface area contributed by atoms with E-state index in [2.05, 4.69) is 56.3 Å². The summed E-state index contributed by atoms with van der Waals surface area (Å²) in [6.07, 6.45) is 6.73. The molecule has 1 aromatic carbocycles. The molecule has 2 heterocycles. The quantitative estimate of drug-likeness (QED) is 0.391. The minimum atomic E-state index is 0.671. The average molecular weight is 385 g/mol. The lowest BCUT2D eigenvalue weighted by atomic mass is 10.1. The van der Waals surface area contributed by atoms with Crippen molar-refractivity contribution in [3.63, 3.8) is 0 Å². The van der Waals surface area contributed by atoms with Crippen molar-refractivity contribution >= 4 is 5.96 Å². The molecule has 1 aromatic heterocycles. The Bertz CT molecular complexity index is 692. The van der Waals surface area contributed by atoms with Crippen molar-refractivity contribution in [2.45, 2.75) is 26.4 Å². The molecule has 7 heteroatoms. The van der Waals surface area contributed by atoms with Crippen molar-refractivity contribution in [3.8, 4) is 0 Å². The molecular weight excluding hydrogens is 352 g/mol. The number of benzene rings is 1. The van der Waals surface area contributed by atoms with E-state index < -0.39 is 0 Å². The zero-order valence-electron chi connectivity index (χ0n) is 16.8. The Morgan fingerprint density at radius 1 is 1.14 bits per heavy atom. The third-order valence-electron chi connectivity index (χ3n) is 4.76. The SMILES string of the molecule is CCNC(=NCc1ccc(Cn2ccnc2)cc1)NCCCN1CCOCC1. The Morgan fingerprint density at radius 3 is 2.64 bits per heavy atom. The van der Waals surface area contributed by atoms with E-state index in [1.54, 1.807) is 6.20 Å². The second-order valence-corrected chi connectivity index (χ2v) is 6.98. The molecule has 0 radical (unpaired) electrons. The van der Waals surface area contributed by atoms with Gasteiger partial charge in [-0.05, 0) is 31.0 Å². The first-order valence-electron chi connectivity index (χ1n) is 10.2. The maximum absolute atomic E-state index is 5.39. The molecule has 2 aromatic rings. The van der Waals surface area contributed by atoms with Gasteiger partial charge < -0.3 is 19.9 Å². The first kappa shape index (κ1) is 20.4. The largest absolute Gasteiger partial charge is 0.379 e. The van der Waals surface area contributed by atoms with Gasteiger partial charge in [0.2, 0.25) is 0 Å². The Hall–Kier alpha value is -2.38. The highest BCUT2D eigenvalue weighted by Gasteiger charge is 2.09. The zero-order valence-corrected chi connectivity index (χ0v) is 16.8. The third kappa shape index (κ3) is 6.98. The normalized spacial score (nSPS) is 15.5. The predicted octanol–water partition coefficient (Wildman–Crippen LogP) is 1.71. The maximum Gasteiger partial charge on any atom is 0.191 e. The highest BCUT2D eigenvalue weighted by atomic mass is 16.5. The number of imidazole rings is 1. The van der Waals surface area contributed by atoms with Gasteiger partial charge in [-0.1, -0.05) is 24.3 Å². The van der Waals surface area contributed by atoms with E-state index in [0.717, 1.165) is 64.9 Å². The lowest BCUT2D eigenvalue weighted by molar-refractivity contribution is 0.0376. The summed E-state index contributed by atoms with van der Waals surface area (Å²) < 4.78 is 7.46. The summed E-state index contributed by atoms with van der Waals surface area (Å²) in [7, 11) is 0. The van der Waals surface area contributed by atoms with E-state index in [0.29, 0.717) is 6.54 Å². The van der Waals surface area contributed by atoms with E-state index >= 15 is 0 Å². The number of nitrogens with one attached hydrogen (secondary N) is 2. The standard InChI is InChI=1S/C21H32N6O/c1-2-23-21(24-8-3-10-26-12-14-28-15-13-26)25-16-19-4-6-20(7-5-19)17-27-11-9-22-18-27/h4-7,9,11,18H,2-3,8,10,12-17H2,1H3,(H2,23,24,25). The molecule has 0 bridgehead atoms. The summed E-state index contributed by atoms with van der Waals surface area (Å²) in [5, 5.41) is 6.77. The summed E-state index contributed by atoms with van der Waals surface area (Å²) in [5.41, 5.74) is 2.47. The van der Waals surface area contributed by atoms with Crippen LogP contribution in [0.3, 0.4) is 0 Å². The molecule has 0 spiro atoms. The van der Waals surface area contributed by atoms with Crippen LogP contribution in [-0.4, -0.2) is 66.3 Å². The molecule has 0 amide bonds. The molecule has 2 N–H and O–H groups in total. The molecule has 0 unspecified atom stereocenters. The minimum absolute atomic E-state index is 0.671. The number of hydrogen-bond acceptors (Lipinski definition) is 4. The Labute approximate surface area is 167 Å². The number of guanidine groups is 1. The second-order valence-electron chi connectivity index (χ2n) is 6.98. The van der Waals surface area contributed by atoms with E-state index in [-0.39, 0.29) is 0 Å². The number of hydrogen-bond donors (Lipinski definition) is 2. The van der Waals surface area contributed by atoms with Gasteiger partial charge in [0.05, 0.1) is 26.1 Å². The lowest BCUT2D eigenvalue weighted by Crippen LogP contribution is -2.40. The summed E-state index contributed by atoms with van der Waals surface area (Å²) in [5.74, 6) is 0.881. The fraction of sp³-hybridized carbons (Fsp3) is 0.524. The lowest BCUT2D eigenvalue weighted by Gasteiger charge is -2.26. The van der Waals surface area contributed by atoms with Crippen LogP contribution in [0, 0.1) is 0 Å². The summed E-state index contributed by atoms with van der Waals surface area (Å²) >= 11 is 0. The van der Waals surface area contributed by atoms with Gasteiger partial charge in [0.15, 0.2) is 5.96 Å². The summed E-state index contributed by atoms with van der Waals surface area (Å²) in [6, 6.07) is 8.62. The Morgan fingerprint density at radius 2 is 1.93 bits per heavy atom. The highest BCUT2D eigenvalue weighted by Crippen LogP contribution is 2.07.